The third-order valence-electron chi connectivity index (χ3n) is 4.73. The first-order valence-electron chi connectivity index (χ1n) is 8.50. The van der Waals surface area contributed by atoms with Gasteiger partial charge in [-0.15, -0.1) is 0 Å². The van der Waals surface area contributed by atoms with Gasteiger partial charge in [-0.2, -0.15) is 0 Å². The van der Waals surface area contributed by atoms with E-state index >= 15 is 0 Å². The van der Waals surface area contributed by atoms with Gasteiger partial charge in [0.15, 0.2) is 0 Å². The van der Waals surface area contributed by atoms with Crippen LogP contribution < -0.4 is 10.6 Å². The molecule has 4 nitrogen and oxygen atoms in total. The predicted molar refractivity (Wildman–Crippen MR) is 82.8 cm³/mol. The molecule has 4 heteroatoms. The number of unbranched alkanes of at least 4 members (excludes halogenated alkanes) is 1. The number of rotatable bonds is 7. The quantitative estimate of drug-likeness (QED) is 0.701. The molecule has 2 N–H and O–H groups in total. The second kappa shape index (κ2) is 8.63. The SMILES string of the molecule is CC1CCCCN1CCCCNC(=O)CC1CCCN1. The van der Waals surface area contributed by atoms with Crippen LogP contribution in [0.2, 0.25) is 0 Å². The summed E-state index contributed by atoms with van der Waals surface area (Å²) in [4.78, 5) is 14.4. The fourth-order valence-corrected chi connectivity index (χ4v) is 3.38. The van der Waals surface area contributed by atoms with E-state index in [0.717, 1.165) is 32.0 Å². The Labute approximate surface area is 123 Å². The van der Waals surface area contributed by atoms with Gasteiger partial charge in [0.2, 0.25) is 5.91 Å². The molecule has 2 unspecified atom stereocenters. The molecule has 2 saturated heterocycles. The third-order valence-corrected chi connectivity index (χ3v) is 4.73. The van der Waals surface area contributed by atoms with Crippen molar-refractivity contribution in [2.24, 2.45) is 0 Å². The standard InChI is InChI=1S/C16H31N3O/c1-14-7-2-4-11-19(14)12-5-3-9-18-16(20)13-15-8-6-10-17-15/h14-15,17H,2-13H2,1H3,(H,18,20). The van der Waals surface area contributed by atoms with Gasteiger partial charge in [-0.1, -0.05) is 6.42 Å². The maximum Gasteiger partial charge on any atom is 0.221 e. The van der Waals surface area contributed by atoms with Gasteiger partial charge in [-0.3, -0.25) is 4.79 Å². The first-order valence-corrected chi connectivity index (χ1v) is 8.50. The lowest BCUT2D eigenvalue weighted by Crippen LogP contribution is -2.38. The summed E-state index contributed by atoms with van der Waals surface area (Å²) < 4.78 is 0. The highest BCUT2D eigenvalue weighted by Crippen LogP contribution is 2.16. The van der Waals surface area contributed by atoms with Crippen LogP contribution in [-0.2, 0) is 4.79 Å². The van der Waals surface area contributed by atoms with E-state index in [1.54, 1.807) is 0 Å². The Morgan fingerprint density at radius 2 is 2.15 bits per heavy atom. The maximum absolute atomic E-state index is 11.8. The van der Waals surface area contributed by atoms with Gasteiger partial charge >= 0.3 is 0 Å². The molecule has 20 heavy (non-hydrogen) atoms. The number of amides is 1. The summed E-state index contributed by atoms with van der Waals surface area (Å²) in [6, 6.07) is 1.18. The molecule has 0 bridgehead atoms. The number of piperidine rings is 1. The van der Waals surface area contributed by atoms with Crippen LogP contribution in [-0.4, -0.2) is 49.1 Å². The number of nitrogens with zero attached hydrogens (tertiary/aromatic N) is 1. The Morgan fingerprint density at radius 3 is 2.90 bits per heavy atom. The minimum absolute atomic E-state index is 0.218. The average molecular weight is 281 g/mol. The lowest BCUT2D eigenvalue weighted by molar-refractivity contribution is -0.121. The van der Waals surface area contributed by atoms with Crippen molar-refractivity contribution in [1.82, 2.24) is 15.5 Å². The molecule has 1 amide bonds. The number of carbonyl (C=O) groups is 1. The molecule has 0 saturated carbocycles. The molecule has 0 spiro atoms. The second-order valence-corrected chi connectivity index (χ2v) is 6.44. The zero-order valence-electron chi connectivity index (χ0n) is 13.0. The molecule has 2 aliphatic heterocycles. The molecule has 2 fully saturated rings. The summed E-state index contributed by atoms with van der Waals surface area (Å²) in [7, 11) is 0. The van der Waals surface area contributed by atoms with Crippen molar-refractivity contribution >= 4 is 5.91 Å². The molecule has 2 atom stereocenters. The van der Waals surface area contributed by atoms with E-state index in [1.807, 2.05) is 0 Å². The van der Waals surface area contributed by atoms with Gasteiger partial charge in [-0.25, -0.2) is 0 Å². The highest BCUT2D eigenvalue weighted by Gasteiger charge is 2.18. The first-order chi connectivity index (χ1) is 9.75. The van der Waals surface area contributed by atoms with E-state index in [-0.39, 0.29) is 5.91 Å². The van der Waals surface area contributed by atoms with E-state index in [9.17, 15) is 4.79 Å². The summed E-state index contributed by atoms with van der Waals surface area (Å²) in [6.07, 6.45) is 9.43. The smallest absolute Gasteiger partial charge is 0.221 e. The van der Waals surface area contributed by atoms with Gasteiger partial charge in [-0.05, 0) is 65.1 Å². The molecule has 2 rings (SSSR count). The van der Waals surface area contributed by atoms with Crippen LogP contribution in [0.3, 0.4) is 0 Å². The minimum atomic E-state index is 0.218. The Kier molecular flexibility index (Phi) is 6.80. The topological polar surface area (TPSA) is 44.4 Å². The molecule has 2 aliphatic rings. The van der Waals surface area contributed by atoms with Crippen molar-refractivity contribution < 1.29 is 4.79 Å². The summed E-state index contributed by atoms with van der Waals surface area (Å²) in [6.45, 7) is 6.72. The number of carbonyl (C=O) groups excluding carboxylic acids is 1. The van der Waals surface area contributed by atoms with E-state index in [1.165, 1.54) is 45.2 Å². The summed E-state index contributed by atoms with van der Waals surface area (Å²) >= 11 is 0. The van der Waals surface area contributed by atoms with Crippen LogP contribution in [0.4, 0.5) is 0 Å². The van der Waals surface area contributed by atoms with Crippen LogP contribution in [0.5, 0.6) is 0 Å². The van der Waals surface area contributed by atoms with Crippen molar-refractivity contribution in [2.45, 2.75) is 70.4 Å². The van der Waals surface area contributed by atoms with E-state index in [0.29, 0.717) is 12.5 Å². The highest BCUT2D eigenvalue weighted by molar-refractivity contribution is 5.76. The van der Waals surface area contributed by atoms with Gasteiger partial charge < -0.3 is 15.5 Å². The van der Waals surface area contributed by atoms with Crippen molar-refractivity contribution in [1.29, 1.82) is 0 Å². The summed E-state index contributed by atoms with van der Waals surface area (Å²) in [5.74, 6) is 0.218. The van der Waals surface area contributed by atoms with Crippen molar-refractivity contribution in [2.75, 3.05) is 26.2 Å². The molecular formula is C16H31N3O. The fourth-order valence-electron chi connectivity index (χ4n) is 3.38. The Bertz CT molecular complexity index is 289. The summed E-state index contributed by atoms with van der Waals surface area (Å²) in [5.41, 5.74) is 0. The molecule has 0 aromatic carbocycles. The zero-order valence-corrected chi connectivity index (χ0v) is 13.0. The normalized spacial score (nSPS) is 27.6. The minimum Gasteiger partial charge on any atom is -0.356 e. The Hall–Kier alpha value is -0.610. The van der Waals surface area contributed by atoms with Crippen molar-refractivity contribution in [3.8, 4) is 0 Å². The first kappa shape index (κ1) is 15.8. The molecule has 0 aromatic rings. The van der Waals surface area contributed by atoms with E-state index in [4.69, 9.17) is 0 Å². The summed E-state index contributed by atoms with van der Waals surface area (Å²) in [5, 5.41) is 6.43. The predicted octanol–water partition coefficient (Wildman–Crippen LogP) is 1.90. The van der Waals surface area contributed by atoms with Gasteiger partial charge in [0.1, 0.15) is 0 Å². The second-order valence-electron chi connectivity index (χ2n) is 6.44. The Balaban J connectivity index is 1.47. The van der Waals surface area contributed by atoms with Gasteiger partial charge in [0, 0.05) is 25.0 Å². The van der Waals surface area contributed by atoms with Gasteiger partial charge in [0.05, 0.1) is 0 Å². The Morgan fingerprint density at radius 1 is 1.25 bits per heavy atom. The van der Waals surface area contributed by atoms with Crippen LogP contribution >= 0.6 is 0 Å². The molecule has 116 valence electrons. The van der Waals surface area contributed by atoms with Crippen LogP contribution in [0.1, 0.15) is 58.3 Å². The van der Waals surface area contributed by atoms with Gasteiger partial charge in [0.25, 0.3) is 0 Å². The number of hydrogen-bond acceptors (Lipinski definition) is 3. The lowest BCUT2D eigenvalue weighted by Gasteiger charge is -2.33. The van der Waals surface area contributed by atoms with Crippen molar-refractivity contribution in [3.05, 3.63) is 0 Å². The monoisotopic (exact) mass is 281 g/mol. The molecule has 2 heterocycles. The fraction of sp³-hybridized carbons (Fsp3) is 0.938. The third kappa shape index (κ3) is 5.41. The van der Waals surface area contributed by atoms with E-state index in [2.05, 4.69) is 22.5 Å². The average Bonchev–Trinajstić information content (AvgIpc) is 2.93. The molecule has 0 aromatic heterocycles. The van der Waals surface area contributed by atoms with Crippen LogP contribution in [0.25, 0.3) is 0 Å². The number of likely N-dealkylation sites (tertiary alicyclic amines) is 1. The lowest BCUT2D eigenvalue weighted by atomic mass is 10.0. The molecule has 0 aliphatic carbocycles. The zero-order chi connectivity index (χ0) is 14.2. The van der Waals surface area contributed by atoms with Crippen LogP contribution in [0.15, 0.2) is 0 Å². The highest BCUT2D eigenvalue weighted by atomic mass is 16.1. The molecular weight excluding hydrogens is 250 g/mol. The largest absolute Gasteiger partial charge is 0.356 e. The van der Waals surface area contributed by atoms with E-state index < -0.39 is 0 Å². The number of hydrogen-bond donors (Lipinski definition) is 2. The molecule has 0 radical (unpaired) electrons. The maximum atomic E-state index is 11.8. The van der Waals surface area contributed by atoms with Crippen LogP contribution in [0, 0.1) is 0 Å². The van der Waals surface area contributed by atoms with Crippen molar-refractivity contribution in [3.63, 3.8) is 0 Å². The number of nitrogens with one attached hydrogen (secondary N) is 2.